The second-order valence-electron chi connectivity index (χ2n) is 6.54. The summed E-state index contributed by atoms with van der Waals surface area (Å²) in [7, 11) is 0. The van der Waals surface area contributed by atoms with Crippen LogP contribution in [0.4, 0.5) is 4.79 Å². The van der Waals surface area contributed by atoms with E-state index < -0.39 is 0 Å². The van der Waals surface area contributed by atoms with Crippen molar-refractivity contribution in [3.8, 4) is 11.5 Å². The summed E-state index contributed by atoms with van der Waals surface area (Å²) in [4.78, 5) is 16.0. The van der Waals surface area contributed by atoms with Gasteiger partial charge in [-0.3, -0.25) is 0 Å². The van der Waals surface area contributed by atoms with Crippen molar-refractivity contribution in [3.63, 3.8) is 0 Å². The van der Waals surface area contributed by atoms with Gasteiger partial charge < -0.3 is 20.1 Å². The number of para-hydroxylation sites is 1. The Bertz CT molecular complexity index is 1040. The Labute approximate surface area is 185 Å². The van der Waals surface area contributed by atoms with Crippen LogP contribution < -0.4 is 20.1 Å². The lowest BCUT2D eigenvalue weighted by atomic mass is 10.2. The van der Waals surface area contributed by atoms with Crippen molar-refractivity contribution in [2.24, 2.45) is 0 Å². The Morgan fingerprint density at radius 3 is 2.67 bits per heavy atom. The van der Waals surface area contributed by atoms with Gasteiger partial charge in [0.2, 0.25) is 0 Å². The molecule has 0 bridgehead atoms. The standard InChI is InChI=1S/C22H23Cl2N3O3/c1-3-25-22(28)26-11-12-29-18-10-9-17(23)16(20(18)24)13-30-19-6-4-5-15-8-7-14(2)27-21(15)19/h4-10H,3,11-13H2,1-2H3,(H2,25,26,28). The molecule has 6 nitrogen and oxygen atoms in total. The summed E-state index contributed by atoms with van der Waals surface area (Å²) in [6.45, 7) is 5.13. The summed E-state index contributed by atoms with van der Waals surface area (Å²) in [5, 5.41) is 7.20. The number of fused-ring (bicyclic) bond motifs is 1. The molecule has 0 radical (unpaired) electrons. The van der Waals surface area contributed by atoms with Crippen molar-refractivity contribution in [1.82, 2.24) is 15.6 Å². The molecule has 158 valence electrons. The summed E-state index contributed by atoms with van der Waals surface area (Å²) in [5.41, 5.74) is 2.32. The van der Waals surface area contributed by atoms with E-state index in [1.807, 2.05) is 44.2 Å². The summed E-state index contributed by atoms with van der Waals surface area (Å²) < 4.78 is 11.7. The number of pyridine rings is 1. The Hall–Kier alpha value is -2.70. The third kappa shape index (κ3) is 5.46. The summed E-state index contributed by atoms with van der Waals surface area (Å²) in [5.74, 6) is 1.13. The van der Waals surface area contributed by atoms with E-state index >= 15 is 0 Å². The molecule has 0 saturated carbocycles. The topological polar surface area (TPSA) is 72.5 Å². The number of amides is 2. The first-order chi connectivity index (χ1) is 14.5. The molecule has 2 amide bonds. The van der Waals surface area contributed by atoms with Crippen molar-refractivity contribution in [1.29, 1.82) is 0 Å². The number of halogens is 2. The SMILES string of the molecule is CCNC(=O)NCCOc1ccc(Cl)c(COc2cccc3ccc(C)nc23)c1Cl. The minimum Gasteiger partial charge on any atom is -0.490 e. The minimum absolute atomic E-state index is 0.167. The first kappa shape index (κ1) is 22.0. The molecule has 0 saturated heterocycles. The Kier molecular flexibility index (Phi) is 7.60. The van der Waals surface area contributed by atoms with Gasteiger partial charge in [0.15, 0.2) is 0 Å². The molecule has 0 spiro atoms. The quantitative estimate of drug-likeness (QED) is 0.469. The molecule has 1 aromatic heterocycles. The van der Waals surface area contributed by atoms with Crippen LogP contribution in [0.5, 0.6) is 11.5 Å². The molecule has 30 heavy (non-hydrogen) atoms. The molecule has 0 aliphatic carbocycles. The zero-order valence-corrected chi connectivity index (χ0v) is 18.3. The van der Waals surface area contributed by atoms with Crippen LogP contribution in [0.15, 0.2) is 42.5 Å². The molecule has 1 heterocycles. The fourth-order valence-electron chi connectivity index (χ4n) is 2.85. The number of aromatic nitrogens is 1. The van der Waals surface area contributed by atoms with Gasteiger partial charge in [-0.25, -0.2) is 9.78 Å². The number of benzene rings is 2. The highest BCUT2D eigenvalue weighted by atomic mass is 35.5. The van der Waals surface area contributed by atoms with Crippen molar-refractivity contribution < 1.29 is 14.3 Å². The largest absolute Gasteiger partial charge is 0.490 e. The number of hydrogen-bond acceptors (Lipinski definition) is 4. The molecule has 0 aliphatic heterocycles. The van der Waals surface area contributed by atoms with Crippen molar-refractivity contribution in [2.75, 3.05) is 19.7 Å². The van der Waals surface area contributed by atoms with Gasteiger partial charge >= 0.3 is 6.03 Å². The molecule has 2 aromatic carbocycles. The van der Waals surface area contributed by atoms with Gasteiger partial charge in [-0.05, 0) is 38.1 Å². The van der Waals surface area contributed by atoms with Crippen LogP contribution in [0.25, 0.3) is 10.9 Å². The van der Waals surface area contributed by atoms with E-state index in [-0.39, 0.29) is 19.2 Å². The van der Waals surface area contributed by atoms with E-state index in [9.17, 15) is 4.79 Å². The Balaban J connectivity index is 1.69. The van der Waals surface area contributed by atoms with Gasteiger partial charge in [0.05, 0.1) is 11.6 Å². The van der Waals surface area contributed by atoms with E-state index in [1.165, 1.54) is 0 Å². The highest BCUT2D eigenvalue weighted by Gasteiger charge is 2.14. The van der Waals surface area contributed by atoms with Crippen LogP contribution in [-0.4, -0.2) is 30.7 Å². The molecule has 0 fully saturated rings. The number of carbonyl (C=O) groups is 1. The molecular formula is C22H23Cl2N3O3. The summed E-state index contributed by atoms with van der Waals surface area (Å²) >= 11 is 12.9. The van der Waals surface area contributed by atoms with Crippen LogP contribution in [0, 0.1) is 6.92 Å². The average molecular weight is 448 g/mol. The van der Waals surface area contributed by atoms with E-state index in [0.29, 0.717) is 40.2 Å². The van der Waals surface area contributed by atoms with Crippen molar-refractivity contribution in [2.45, 2.75) is 20.5 Å². The number of nitrogens with zero attached hydrogens (tertiary/aromatic N) is 1. The summed E-state index contributed by atoms with van der Waals surface area (Å²) in [6.07, 6.45) is 0. The number of hydrogen-bond donors (Lipinski definition) is 2. The van der Waals surface area contributed by atoms with E-state index in [1.54, 1.807) is 12.1 Å². The third-order valence-electron chi connectivity index (χ3n) is 4.33. The average Bonchev–Trinajstić information content (AvgIpc) is 2.72. The molecule has 8 heteroatoms. The van der Waals surface area contributed by atoms with Gasteiger partial charge in [0, 0.05) is 28.2 Å². The highest BCUT2D eigenvalue weighted by Crippen LogP contribution is 2.35. The van der Waals surface area contributed by atoms with Crippen LogP contribution in [-0.2, 0) is 6.61 Å². The maximum Gasteiger partial charge on any atom is 0.314 e. The number of ether oxygens (including phenoxy) is 2. The third-order valence-corrected chi connectivity index (χ3v) is 5.10. The van der Waals surface area contributed by atoms with Crippen molar-refractivity contribution in [3.05, 3.63) is 63.8 Å². The second kappa shape index (κ2) is 10.4. The predicted octanol–water partition coefficient (Wildman–Crippen LogP) is 5.13. The number of nitrogens with one attached hydrogen (secondary N) is 2. The summed E-state index contributed by atoms with van der Waals surface area (Å²) in [6, 6.07) is 12.9. The Morgan fingerprint density at radius 2 is 1.87 bits per heavy atom. The Morgan fingerprint density at radius 1 is 1.03 bits per heavy atom. The maximum absolute atomic E-state index is 11.4. The lowest BCUT2D eigenvalue weighted by Gasteiger charge is -2.15. The molecule has 2 N–H and O–H groups in total. The minimum atomic E-state index is -0.240. The number of aryl methyl sites for hydroxylation is 1. The second-order valence-corrected chi connectivity index (χ2v) is 7.33. The predicted molar refractivity (Wildman–Crippen MR) is 120 cm³/mol. The van der Waals surface area contributed by atoms with Gasteiger partial charge in [0.1, 0.15) is 30.2 Å². The molecule has 3 rings (SSSR count). The fraction of sp³-hybridized carbons (Fsp3) is 0.273. The van der Waals surface area contributed by atoms with Crippen LogP contribution in [0.1, 0.15) is 18.2 Å². The normalized spacial score (nSPS) is 10.7. The molecule has 0 unspecified atom stereocenters. The van der Waals surface area contributed by atoms with Crippen molar-refractivity contribution >= 4 is 40.1 Å². The molecule has 0 aliphatic rings. The van der Waals surface area contributed by atoms with Gasteiger partial charge in [0.25, 0.3) is 0 Å². The zero-order valence-electron chi connectivity index (χ0n) is 16.8. The molecule has 0 atom stereocenters. The first-order valence-corrected chi connectivity index (χ1v) is 10.4. The fourth-order valence-corrected chi connectivity index (χ4v) is 3.39. The first-order valence-electron chi connectivity index (χ1n) is 9.60. The number of rotatable bonds is 8. The van der Waals surface area contributed by atoms with Gasteiger partial charge in [-0.15, -0.1) is 0 Å². The highest BCUT2D eigenvalue weighted by molar-refractivity contribution is 6.36. The lowest BCUT2D eigenvalue weighted by molar-refractivity contribution is 0.237. The van der Waals surface area contributed by atoms with Crippen LogP contribution in [0.2, 0.25) is 10.0 Å². The number of carbonyl (C=O) groups excluding carboxylic acids is 1. The monoisotopic (exact) mass is 447 g/mol. The zero-order chi connectivity index (χ0) is 21.5. The smallest absolute Gasteiger partial charge is 0.314 e. The number of urea groups is 1. The van der Waals surface area contributed by atoms with E-state index in [0.717, 1.165) is 16.6 Å². The molecule has 3 aromatic rings. The lowest BCUT2D eigenvalue weighted by Crippen LogP contribution is -2.37. The molecular weight excluding hydrogens is 425 g/mol. The van der Waals surface area contributed by atoms with E-state index in [4.69, 9.17) is 32.7 Å². The van der Waals surface area contributed by atoms with Crippen LogP contribution in [0.3, 0.4) is 0 Å². The van der Waals surface area contributed by atoms with E-state index in [2.05, 4.69) is 15.6 Å². The van der Waals surface area contributed by atoms with Gasteiger partial charge in [-0.2, -0.15) is 0 Å². The van der Waals surface area contributed by atoms with Crippen LogP contribution >= 0.6 is 23.2 Å². The maximum atomic E-state index is 11.4. The van der Waals surface area contributed by atoms with Gasteiger partial charge in [-0.1, -0.05) is 41.4 Å².